The Bertz CT molecular complexity index is 420. The molecule has 14 heavy (non-hydrogen) atoms. The number of rotatable bonds is 3. The topological polar surface area (TPSA) is 55.5 Å². The van der Waals surface area contributed by atoms with Gasteiger partial charge in [-0.1, -0.05) is 18.2 Å². The smallest absolute Gasteiger partial charge is 0.241 e. The van der Waals surface area contributed by atoms with Crippen LogP contribution in [0.15, 0.2) is 35.3 Å². The van der Waals surface area contributed by atoms with Crippen LogP contribution in [0.3, 0.4) is 0 Å². The number of aliphatic imine (C=N–C) groups is 1. The van der Waals surface area contributed by atoms with E-state index in [1.165, 1.54) is 6.08 Å². The highest BCUT2D eigenvalue weighted by Crippen LogP contribution is 2.19. The third-order valence-electron chi connectivity index (χ3n) is 1.53. The Labute approximate surface area is 87.0 Å². The van der Waals surface area contributed by atoms with E-state index < -0.39 is 5.91 Å². The third kappa shape index (κ3) is 2.94. The number of nitrogens with zero attached hydrogens (tertiary/aromatic N) is 1. The molecule has 1 amide bonds. The molecule has 0 spiro atoms. The van der Waals surface area contributed by atoms with E-state index in [1.807, 2.05) is 18.2 Å². The van der Waals surface area contributed by atoms with E-state index in [0.717, 1.165) is 5.56 Å². The van der Waals surface area contributed by atoms with Crippen molar-refractivity contribution in [1.29, 1.82) is 0 Å². The minimum absolute atomic E-state index is 0.494. The lowest BCUT2D eigenvalue weighted by Crippen LogP contribution is -2.05. The van der Waals surface area contributed by atoms with Crippen molar-refractivity contribution in [2.75, 3.05) is 0 Å². The minimum atomic E-state index is -0.494. The van der Waals surface area contributed by atoms with E-state index >= 15 is 0 Å². The molecule has 1 aromatic carbocycles. The summed E-state index contributed by atoms with van der Waals surface area (Å²) in [6.07, 6.45) is 2.87. The van der Waals surface area contributed by atoms with Gasteiger partial charge in [-0.15, -0.1) is 0 Å². The molecule has 0 radical (unpaired) electrons. The van der Waals surface area contributed by atoms with Crippen molar-refractivity contribution in [3.8, 4) is 0 Å². The molecule has 0 saturated heterocycles. The number of hydrogen-bond acceptors (Lipinski definition) is 3. The molecule has 0 heterocycles. The predicted molar refractivity (Wildman–Crippen MR) is 59.4 cm³/mol. The van der Waals surface area contributed by atoms with Crippen molar-refractivity contribution in [1.82, 2.24) is 0 Å². The van der Waals surface area contributed by atoms with Crippen LogP contribution in [0.4, 0.5) is 5.69 Å². The Morgan fingerprint density at radius 2 is 2.21 bits per heavy atom. The number of hydrogen-bond donors (Lipinski definition) is 1. The van der Waals surface area contributed by atoms with Gasteiger partial charge in [0.2, 0.25) is 5.91 Å². The van der Waals surface area contributed by atoms with Crippen LogP contribution in [0.1, 0.15) is 5.56 Å². The maximum absolute atomic E-state index is 10.5. The van der Waals surface area contributed by atoms with E-state index in [4.69, 9.17) is 5.73 Å². The molecular formula is C10H8N2OS. The number of isothiocyanates is 1. The third-order valence-corrected chi connectivity index (χ3v) is 1.62. The van der Waals surface area contributed by atoms with Crippen molar-refractivity contribution in [3.05, 3.63) is 35.9 Å². The molecule has 0 unspecified atom stereocenters. The number of carbonyl (C=O) groups excluding carboxylic acids is 1. The molecule has 1 rings (SSSR count). The maximum Gasteiger partial charge on any atom is 0.241 e. The van der Waals surface area contributed by atoms with Crippen LogP contribution >= 0.6 is 12.2 Å². The molecule has 0 atom stereocenters. The normalized spacial score (nSPS) is 9.71. The molecule has 4 heteroatoms. The van der Waals surface area contributed by atoms with Crippen molar-refractivity contribution < 1.29 is 4.79 Å². The summed E-state index contributed by atoms with van der Waals surface area (Å²) in [5.41, 5.74) is 6.42. The fraction of sp³-hybridized carbons (Fsp3) is 0. The van der Waals surface area contributed by atoms with Crippen molar-refractivity contribution in [3.63, 3.8) is 0 Å². The van der Waals surface area contributed by atoms with Crippen molar-refractivity contribution in [2.45, 2.75) is 0 Å². The van der Waals surface area contributed by atoms with Crippen molar-refractivity contribution >= 4 is 35.0 Å². The standard InChI is InChI=1S/C10H8N2OS/c11-10(13)6-5-8-3-1-2-4-9(8)12-7-14/h1-6H,(H2,11,13). The fourth-order valence-corrected chi connectivity index (χ4v) is 1.05. The average Bonchev–Trinajstić information content (AvgIpc) is 2.17. The number of primary amides is 1. The van der Waals surface area contributed by atoms with Crippen LogP contribution in [-0.2, 0) is 4.79 Å². The Hall–Kier alpha value is -1.77. The van der Waals surface area contributed by atoms with Gasteiger partial charge in [-0.25, -0.2) is 0 Å². The van der Waals surface area contributed by atoms with Gasteiger partial charge in [0.05, 0.1) is 10.8 Å². The summed E-state index contributed by atoms with van der Waals surface area (Å²) in [5.74, 6) is -0.494. The molecule has 0 saturated carbocycles. The zero-order valence-electron chi connectivity index (χ0n) is 7.31. The highest BCUT2D eigenvalue weighted by molar-refractivity contribution is 7.78. The second-order valence-electron chi connectivity index (χ2n) is 2.50. The van der Waals surface area contributed by atoms with E-state index in [-0.39, 0.29) is 0 Å². The average molecular weight is 204 g/mol. The van der Waals surface area contributed by atoms with Gasteiger partial charge in [-0.2, -0.15) is 4.99 Å². The molecule has 3 nitrogen and oxygen atoms in total. The molecule has 0 bridgehead atoms. The van der Waals surface area contributed by atoms with Gasteiger partial charge in [0.15, 0.2) is 0 Å². The molecule has 2 N–H and O–H groups in total. The number of thiocarbonyl (C=S) groups is 1. The van der Waals surface area contributed by atoms with Crippen LogP contribution in [0, 0.1) is 0 Å². The summed E-state index contributed by atoms with van der Waals surface area (Å²) in [5, 5.41) is 2.27. The van der Waals surface area contributed by atoms with Gasteiger partial charge < -0.3 is 5.73 Å². The molecule has 0 fully saturated rings. The van der Waals surface area contributed by atoms with Gasteiger partial charge in [0.25, 0.3) is 0 Å². The summed E-state index contributed by atoms with van der Waals surface area (Å²) >= 11 is 4.50. The van der Waals surface area contributed by atoms with Crippen molar-refractivity contribution in [2.24, 2.45) is 10.7 Å². The molecular weight excluding hydrogens is 196 g/mol. The van der Waals surface area contributed by atoms with Gasteiger partial charge >= 0.3 is 0 Å². The van der Waals surface area contributed by atoms with Gasteiger partial charge in [-0.3, -0.25) is 4.79 Å². The molecule has 70 valence electrons. The highest BCUT2D eigenvalue weighted by atomic mass is 32.1. The summed E-state index contributed by atoms with van der Waals surface area (Å²) in [4.78, 5) is 14.4. The number of carbonyl (C=O) groups is 1. The summed E-state index contributed by atoms with van der Waals surface area (Å²) in [6.45, 7) is 0. The number of para-hydroxylation sites is 1. The molecule has 0 aliphatic rings. The minimum Gasteiger partial charge on any atom is -0.366 e. The van der Waals surface area contributed by atoms with E-state index in [1.54, 1.807) is 12.1 Å². The molecule has 0 aliphatic heterocycles. The maximum atomic E-state index is 10.5. The largest absolute Gasteiger partial charge is 0.366 e. The summed E-state index contributed by atoms with van der Waals surface area (Å²) in [7, 11) is 0. The van der Waals surface area contributed by atoms with Crippen LogP contribution in [0.5, 0.6) is 0 Å². The highest BCUT2D eigenvalue weighted by Gasteiger charge is 1.95. The predicted octanol–water partition coefficient (Wildman–Crippen LogP) is 1.92. The fourth-order valence-electron chi connectivity index (χ4n) is 0.951. The molecule has 1 aromatic rings. The van der Waals surface area contributed by atoms with Crippen LogP contribution in [-0.4, -0.2) is 11.1 Å². The lowest BCUT2D eigenvalue weighted by atomic mass is 10.1. The molecule has 0 aromatic heterocycles. The monoisotopic (exact) mass is 204 g/mol. The van der Waals surface area contributed by atoms with E-state index in [2.05, 4.69) is 22.4 Å². The second kappa shape index (κ2) is 5.07. The Morgan fingerprint density at radius 3 is 2.86 bits per heavy atom. The van der Waals surface area contributed by atoms with Crippen LogP contribution in [0.2, 0.25) is 0 Å². The summed E-state index contributed by atoms with van der Waals surface area (Å²) < 4.78 is 0. The first-order valence-corrected chi connectivity index (χ1v) is 4.29. The number of benzene rings is 1. The van der Waals surface area contributed by atoms with Crippen LogP contribution in [0.25, 0.3) is 6.08 Å². The first kappa shape index (κ1) is 10.3. The first-order chi connectivity index (χ1) is 6.74. The Balaban J connectivity index is 3.07. The Kier molecular flexibility index (Phi) is 3.73. The zero-order valence-corrected chi connectivity index (χ0v) is 8.12. The van der Waals surface area contributed by atoms with Gasteiger partial charge in [-0.05, 0) is 24.4 Å². The van der Waals surface area contributed by atoms with Gasteiger partial charge in [0.1, 0.15) is 0 Å². The Morgan fingerprint density at radius 1 is 1.50 bits per heavy atom. The lowest BCUT2D eigenvalue weighted by molar-refractivity contribution is -0.113. The number of amides is 1. The number of nitrogens with two attached hydrogens (primary N) is 1. The first-order valence-electron chi connectivity index (χ1n) is 3.88. The van der Waals surface area contributed by atoms with E-state index in [0.29, 0.717) is 5.69 Å². The quantitative estimate of drug-likeness (QED) is 0.464. The lowest BCUT2D eigenvalue weighted by Gasteiger charge is -1.96. The van der Waals surface area contributed by atoms with Crippen LogP contribution < -0.4 is 5.73 Å². The zero-order chi connectivity index (χ0) is 10.4. The van der Waals surface area contributed by atoms with E-state index in [9.17, 15) is 4.79 Å². The molecule has 0 aliphatic carbocycles. The second-order valence-corrected chi connectivity index (χ2v) is 2.68. The summed E-state index contributed by atoms with van der Waals surface area (Å²) in [6, 6.07) is 7.25. The van der Waals surface area contributed by atoms with Gasteiger partial charge in [0, 0.05) is 11.6 Å². The SMILES string of the molecule is NC(=O)C=Cc1ccccc1N=C=S.